The van der Waals surface area contributed by atoms with Crippen LogP contribution in [0.25, 0.3) is 22.0 Å². The van der Waals surface area contributed by atoms with Crippen molar-refractivity contribution in [2.45, 2.75) is 70.9 Å². The first-order chi connectivity index (χ1) is 28.4. The van der Waals surface area contributed by atoms with E-state index in [-0.39, 0.29) is 6.29 Å². The lowest BCUT2D eigenvalue weighted by atomic mass is 10.0. The van der Waals surface area contributed by atoms with Gasteiger partial charge in [-0.25, -0.2) is 9.97 Å². The zero-order chi connectivity index (χ0) is 40.0. The van der Waals surface area contributed by atoms with Crippen LogP contribution >= 0.6 is 0 Å². The number of fused-ring (bicyclic) bond motifs is 1. The van der Waals surface area contributed by atoms with E-state index in [0.29, 0.717) is 61.0 Å². The highest BCUT2D eigenvalue weighted by molar-refractivity contribution is 5.96. The number of benzene rings is 2. The first kappa shape index (κ1) is 38.9. The van der Waals surface area contributed by atoms with Gasteiger partial charge in [0, 0.05) is 90.2 Å². The van der Waals surface area contributed by atoms with Gasteiger partial charge in [-0.15, -0.1) is 0 Å². The van der Waals surface area contributed by atoms with Crippen molar-refractivity contribution >= 4 is 28.2 Å². The third kappa shape index (κ3) is 8.80. The zero-order valence-electron chi connectivity index (χ0n) is 33.9. The molecule has 1 aliphatic carbocycles. The Morgan fingerprint density at radius 2 is 1.55 bits per heavy atom. The molecular weight excluding hydrogens is 735 g/mol. The maximum absolute atomic E-state index is 6.07. The highest BCUT2D eigenvalue weighted by Crippen LogP contribution is 2.42. The number of ether oxygens (including phenoxy) is 6. The standard InChI is InChI=1S/C45H51N7O6/c1-29-15-16-46-25-36(29)38-20-33-21-42(49-43-24-39(30-9-10-30)52(50-43)17-19-58-44-8-6-7-18-57-44)47-26-37(33)45(48-38)51(27-31-11-13-34(53-2)22-40(31)55-4)28-32-12-14-35(54-3)23-41(32)56-5/h11-16,20-26,30,44H,6-10,17-19,27-28H2,1-5H3,(H,47,49,50). The number of anilines is 3. The lowest BCUT2D eigenvalue weighted by molar-refractivity contribution is -0.163. The van der Waals surface area contributed by atoms with Crippen LogP contribution < -0.4 is 29.2 Å². The maximum atomic E-state index is 6.07. The molecular formula is C45H51N7O6. The van der Waals surface area contributed by atoms with Gasteiger partial charge in [0.15, 0.2) is 12.1 Å². The molecule has 58 heavy (non-hydrogen) atoms. The summed E-state index contributed by atoms with van der Waals surface area (Å²) in [5.74, 6) is 5.52. The molecule has 5 heterocycles. The van der Waals surface area contributed by atoms with E-state index in [0.717, 1.165) is 76.2 Å². The molecule has 1 atom stereocenters. The molecule has 1 saturated heterocycles. The van der Waals surface area contributed by atoms with Crippen molar-refractivity contribution in [1.82, 2.24) is 24.7 Å². The van der Waals surface area contributed by atoms with Gasteiger partial charge < -0.3 is 38.6 Å². The summed E-state index contributed by atoms with van der Waals surface area (Å²) in [6, 6.07) is 20.1. The molecule has 0 bridgehead atoms. The summed E-state index contributed by atoms with van der Waals surface area (Å²) in [5, 5.41) is 10.3. The molecule has 0 amide bonds. The van der Waals surface area contributed by atoms with E-state index in [1.165, 1.54) is 18.5 Å². The van der Waals surface area contributed by atoms with Gasteiger partial charge in [0.25, 0.3) is 0 Å². The van der Waals surface area contributed by atoms with E-state index in [1.54, 1.807) is 34.6 Å². The SMILES string of the molecule is COc1ccc(CN(Cc2ccc(OC)cc2OC)c2nc(-c3cnccc3C)cc3cc(Nc4cc(C5CC5)n(CCOC5CCCCO5)n4)ncc23)c(OC)c1. The Kier molecular flexibility index (Phi) is 11.9. The number of aromatic nitrogens is 5. The number of methoxy groups -OCH3 is 4. The van der Waals surface area contributed by atoms with Crippen molar-refractivity contribution in [2.75, 3.05) is 51.9 Å². The van der Waals surface area contributed by atoms with Crippen molar-refractivity contribution in [2.24, 2.45) is 0 Å². The second-order valence-corrected chi connectivity index (χ2v) is 14.8. The molecule has 0 spiro atoms. The number of aryl methyl sites for hydroxylation is 1. The summed E-state index contributed by atoms with van der Waals surface area (Å²) in [7, 11) is 6.64. The minimum atomic E-state index is -0.125. The second kappa shape index (κ2) is 17.7. The summed E-state index contributed by atoms with van der Waals surface area (Å²) < 4.78 is 36.7. The first-order valence-electron chi connectivity index (χ1n) is 19.9. The Morgan fingerprint density at radius 3 is 2.19 bits per heavy atom. The van der Waals surface area contributed by atoms with Crippen molar-refractivity contribution < 1.29 is 28.4 Å². The van der Waals surface area contributed by atoms with E-state index < -0.39 is 0 Å². The smallest absolute Gasteiger partial charge is 0.157 e. The van der Waals surface area contributed by atoms with E-state index in [1.807, 2.05) is 54.9 Å². The molecule has 1 unspecified atom stereocenters. The summed E-state index contributed by atoms with van der Waals surface area (Å²) in [4.78, 5) is 17.0. The van der Waals surface area contributed by atoms with Crippen molar-refractivity contribution in [3.05, 3.63) is 102 Å². The second-order valence-electron chi connectivity index (χ2n) is 14.8. The van der Waals surface area contributed by atoms with Crippen molar-refractivity contribution in [1.29, 1.82) is 0 Å². The topological polar surface area (TPSA) is 127 Å². The van der Waals surface area contributed by atoms with Crippen LogP contribution in [-0.2, 0) is 29.1 Å². The molecule has 2 fully saturated rings. The molecule has 8 rings (SSSR count). The Labute approximate surface area is 339 Å². The molecule has 13 heteroatoms. The minimum absolute atomic E-state index is 0.125. The van der Waals surface area contributed by atoms with Crippen molar-refractivity contribution in [3.63, 3.8) is 0 Å². The molecule has 1 aliphatic heterocycles. The van der Waals surface area contributed by atoms with Crippen LogP contribution in [0.15, 0.2) is 79.3 Å². The molecule has 2 aliphatic rings. The van der Waals surface area contributed by atoms with Gasteiger partial charge in [-0.1, -0.05) is 0 Å². The molecule has 2 aromatic carbocycles. The molecule has 1 saturated carbocycles. The van der Waals surface area contributed by atoms with Gasteiger partial charge in [-0.05, 0) is 92.4 Å². The largest absolute Gasteiger partial charge is 0.497 e. The van der Waals surface area contributed by atoms with Gasteiger partial charge in [0.2, 0.25) is 0 Å². The normalized spacial score (nSPS) is 15.3. The minimum Gasteiger partial charge on any atom is -0.497 e. The Bertz CT molecular complexity index is 2300. The molecule has 6 aromatic rings. The van der Waals surface area contributed by atoms with Crippen molar-refractivity contribution in [3.8, 4) is 34.3 Å². The van der Waals surface area contributed by atoms with Crippen LogP contribution in [0.1, 0.15) is 60.4 Å². The van der Waals surface area contributed by atoms with Gasteiger partial charge in [0.1, 0.15) is 34.6 Å². The highest BCUT2D eigenvalue weighted by atomic mass is 16.7. The summed E-state index contributed by atoms with van der Waals surface area (Å²) >= 11 is 0. The summed E-state index contributed by atoms with van der Waals surface area (Å²) in [6.07, 6.45) is 10.9. The number of hydrogen-bond donors (Lipinski definition) is 1. The maximum Gasteiger partial charge on any atom is 0.157 e. The highest BCUT2D eigenvalue weighted by Gasteiger charge is 2.29. The lowest BCUT2D eigenvalue weighted by Gasteiger charge is -2.28. The number of nitrogens with one attached hydrogen (secondary N) is 1. The van der Waals surface area contributed by atoms with E-state index in [9.17, 15) is 0 Å². The average molecular weight is 786 g/mol. The number of pyridine rings is 3. The molecule has 4 aromatic heterocycles. The predicted molar refractivity (Wildman–Crippen MR) is 224 cm³/mol. The van der Waals surface area contributed by atoms with E-state index in [2.05, 4.69) is 45.0 Å². The Balaban J connectivity index is 1.18. The van der Waals surface area contributed by atoms with Crippen LogP contribution in [0.3, 0.4) is 0 Å². The number of hydrogen-bond acceptors (Lipinski definition) is 12. The van der Waals surface area contributed by atoms with E-state index >= 15 is 0 Å². The molecule has 302 valence electrons. The molecule has 0 radical (unpaired) electrons. The van der Waals surface area contributed by atoms with Crippen LogP contribution in [-0.4, -0.2) is 72.7 Å². The molecule has 13 nitrogen and oxygen atoms in total. The lowest BCUT2D eigenvalue weighted by Crippen LogP contribution is -2.24. The van der Waals surface area contributed by atoms with Gasteiger partial charge in [0.05, 0.1) is 47.3 Å². The van der Waals surface area contributed by atoms with Gasteiger partial charge in [-0.2, -0.15) is 5.10 Å². The van der Waals surface area contributed by atoms with Crippen LogP contribution in [0.2, 0.25) is 0 Å². The molecule has 1 N–H and O–H groups in total. The predicted octanol–water partition coefficient (Wildman–Crippen LogP) is 8.60. The Hall–Kier alpha value is -5.92. The third-order valence-corrected chi connectivity index (χ3v) is 10.8. The third-order valence-electron chi connectivity index (χ3n) is 10.8. The van der Waals surface area contributed by atoms with Gasteiger partial charge >= 0.3 is 0 Å². The van der Waals surface area contributed by atoms with Gasteiger partial charge in [-0.3, -0.25) is 9.67 Å². The van der Waals surface area contributed by atoms with Crippen LogP contribution in [0, 0.1) is 6.92 Å². The monoisotopic (exact) mass is 785 g/mol. The summed E-state index contributed by atoms with van der Waals surface area (Å²) in [6.45, 7) is 4.96. The van der Waals surface area contributed by atoms with E-state index in [4.69, 9.17) is 43.5 Å². The summed E-state index contributed by atoms with van der Waals surface area (Å²) in [5.41, 5.74) is 5.93. The Morgan fingerprint density at radius 1 is 0.810 bits per heavy atom. The fourth-order valence-electron chi connectivity index (χ4n) is 7.52. The fourth-order valence-corrected chi connectivity index (χ4v) is 7.52. The zero-order valence-corrected chi connectivity index (χ0v) is 33.9. The first-order valence-corrected chi connectivity index (χ1v) is 19.9. The quantitative estimate of drug-likeness (QED) is 0.0952. The van der Waals surface area contributed by atoms with Crippen LogP contribution in [0.4, 0.5) is 17.5 Å². The number of rotatable bonds is 17. The average Bonchev–Trinajstić information content (AvgIpc) is 4.03. The van der Waals surface area contributed by atoms with Crippen LogP contribution in [0.5, 0.6) is 23.0 Å². The fraction of sp³-hybridized carbons (Fsp3) is 0.378. The number of nitrogens with zero attached hydrogens (tertiary/aromatic N) is 6.